The van der Waals surface area contributed by atoms with E-state index in [0.717, 1.165) is 0 Å². The third kappa shape index (κ3) is 5.90. The van der Waals surface area contributed by atoms with Gasteiger partial charge in [-0.15, -0.1) is 0 Å². The zero-order valence-electron chi connectivity index (χ0n) is 16.2. The van der Waals surface area contributed by atoms with Crippen molar-refractivity contribution in [3.63, 3.8) is 0 Å². The van der Waals surface area contributed by atoms with Gasteiger partial charge in [0.25, 0.3) is 5.91 Å². The number of allylic oxidation sites excluding steroid dienone is 1. The van der Waals surface area contributed by atoms with Gasteiger partial charge in [-0.05, 0) is 55.8 Å². The van der Waals surface area contributed by atoms with Crippen LogP contribution in [0, 0.1) is 10.1 Å². The molecule has 0 heterocycles. The zero-order chi connectivity index (χ0) is 21.4. The highest BCUT2D eigenvalue weighted by Gasteiger charge is 2.13. The summed E-state index contributed by atoms with van der Waals surface area (Å²) >= 11 is 0. The predicted molar refractivity (Wildman–Crippen MR) is 108 cm³/mol. The number of phenolic OH excluding ortho intramolecular Hbond substituents is 1. The number of amides is 1. The van der Waals surface area contributed by atoms with Gasteiger partial charge < -0.3 is 14.7 Å². The molecule has 8 heteroatoms. The largest absolute Gasteiger partial charge is 0.502 e. The van der Waals surface area contributed by atoms with Crippen molar-refractivity contribution in [1.29, 1.82) is 0 Å². The summed E-state index contributed by atoms with van der Waals surface area (Å²) in [7, 11) is 0. The predicted octanol–water partition coefficient (Wildman–Crippen LogP) is 3.44. The minimum Gasteiger partial charge on any atom is -0.502 e. The number of aromatic hydroxyl groups is 1. The van der Waals surface area contributed by atoms with Crippen LogP contribution in [0.25, 0.3) is 6.08 Å². The van der Waals surface area contributed by atoms with Crippen LogP contribution in [-0.4, -0.2) is 46.3 Å². The second kappa shape index (κ2) is 10.0. The van der Waals surface area contributed by atoms with Crippen LogP contribution in [0.2, 0.25) is 0 Å². The molecule has 0 saturated heterocycles. The van der Waals surface area contributed by atoms with Gasteiger partial charge in [0.2, 0.25) is 0 Å². The quantitative estimate of drug-likeness (QED) is 0.300. The molecule has 29 heavy (non-hydrogen) atoms. The topological polar surface area (TPSA) is 110 Å². The molecule has 0 radical (unpaired) electrons. The Kier molecular flexibility index (Phi) is 7.47. The van der Waals surface area contributed by atoms with Gasteiger partial charge >= 0.3 is 5.69 Å². The van der Waals surface area contributed by atoms with Crippen molar-refractivity contribution >= 4 is 23.5 Å². The number of phenols is 1. The van der Waals surface area contributed by atoms with Crippen LogP contribution in [0.3, 0.4) is 0 Å². The van der Waals surface area contributed by atoms with Crippen LogP contribution < -0.4 is 4.74 Å². The Morgan fingerprint density at radius 3 is 2.38 bits per heavy atom. The van der Waals surface area contributed by atoms with E-state index < -0.39 is 16.4 Å². The van der Waals surface area contributed by atoms with E-state index in [1.165, 1.54) is 30.4 Å². The maximum absolute atomic E-state index is 12.3. The summed E-state index contributed by atoms with van der Waals surface area (Å²) < 4.78 is 5.46. The molecule has 0 aromatic heterocycles. The number of carbonyl (C=O) groups is 2. The molecule has 0 bridgehead atoms. The van der Waals surface area contributed by atoms with Crippen LogP contribution in [0.5, 0.6) is 11.5 Å². The van der Waals surface area contributed by atoms with Crippen molar-refractivity contribution in [2.75, 3.05) is 19.7 Å². The molecule has 0 saturated carbocycles. The molecule has 0 aliphatic rings. The van der Waals surface area contributed by atoms with Gasteiger partial charge in [0, 0.05) is 24.7 Å². The first kappa shape index (κ1) is 21.6. The zero-order valence-corrected chi connectivity index (χ0v) is 16.2. The molecule has 2 rings (SSSR count). The number of hydrogen-bond donors (Lipinski definition) is 1. The Hall–Kier alpha value is -3.68. The average molecular weight is 398 g/mol. The van der Waals surface area contributed by atoms with Gasteiger partial charge in [-0.25, -0.2) is 0 Å². The second-order valence-electron chi connectivity index (χ2n) is 6.08. The SMILES string of the molecule is CCN(CC)C(=O)COc1ccc(C(=O)/C=C/c2ccc(O)c([N+](=O)[O-])c2)cc1. The summed E-state index contributed by atoms with van der Waals surface area (Å²) in [4.78, 5) is 36.0. The number of nitrogens with zero attached hydrogens (tertiary/aromatic N) is 2. The fourth-order valence-corrected chi connectivity index (χ4v) is 2.59. The minimum absolute atomic E-state index is 0.0749. The van der Waals surface area contributed by atoms with Crippen LogP contribution in [0.1, 0.15) is 29.8 Å². The third-order valence-electron chi connectivity index (χ3n) is 4.24. The second-order valence-corrected chi connectivity index (χ2v) is 6.08. The number of benzene rings is 2. The van der Waals surface area contributed by atoms with Crippen molar-refractivity contribution in [2.45, 2.75) is 13.8 Å². The summed E-state index contributed by atoms with van der Waals surface area (Å²) in [5.41, 5.74) is 0.384. The van der Waals surface area contributed by atoms with Crippen LogP contribution in [-0.2, 0) is 4.79 Å². The normalized spacial score (nSPS) is 10.7. The number of ether oxygens (including phenoxy) is 1. The number of carbonyl (C=O) groups excluding carboxylic acids is 2. The molecule has 2 aromatic carbocycles. The molecule has 2 aromatic rings. The standard InChI is InChI=1S/C21H22N2O6/c1-3-22(4-2)21(26)14-29-17-9-7-16(8-10-17)19(24)11-5-15-6-12-20(25)18(13-15)23(27)28/h5-13,25H,3-4,14H2,1-2H3/b11-5+. The molecule has 1 amide bonds. The third-order valence-corrected chi connectivity index (χ3v) is 4.24. The molecule has 0 aliphatic carbocycles. The number of likely N-dealkylation sites (N-methyl/N-ethyl adjacent to an activating group) is 1. The van der Waals surface area contributed by atoms with Crippen molar-refractivity contribution in [2.24, 2.45) is 0 Å². The van der Waals surface area contributed by atoms with E-state index in [9.17, 15) is 24.8 Å². The van der Waals surface area contributed by atoms with E-state index >= 15 is 0 Å². The fraction of sp³-hybridized carbons (Fsp3) is 0.238. The van der Waals surface area contributed by atoms with Gasteiger partial charge in [0.1, 0.15) is 5.75 Å². The molecule has 0 spiro atoms. The van der Waals surface area contributed by atoms with Crippen molar-refractivity contribution in [1.82, 2.24) is 4.90 Å². The summed E-state index contributed by atoms with van der Waals surface area (Å²) in [6.07, 6.45) is 2.72. The summed E-state index contributed by atoms with van der Waals surface area (Å²) in [6.45, 7) is 4.94. The molecule has 0 aliphatic heterocycles. The summed E-state index contributed by atoms with van der Waals surface area (Å²) in [5.74, 6) is -0.374. The Morgan fingerprint density at radius 1 is 1.14 bits per heavy atom. The maximum atomic E-state index is 12.3. The van der Waals surface area contributed by atoms with Gasteiger partial charge in [0.05, 0.1) is 4.92 Å². The Bertz CT molecular complexity index is 917. The van der Waals surface area contributed by atoms with Crippen molar-refractivity contribution in [3.8, 4) is 11.5 Å². The molecular formula is C21H22N2O6. The molecule has 0 atom stereocenters. The van der Waals surface area contributed by atoms with E-state index in [1.54, 1.807) is 29.2 Å². The molecule has 1 N–H and O–H groups in total. The van der Waals surface area contributed by atoms with E-state index in [4.69, 9.17) is 4.74 Å². The first-order valence-corrected chi connectivity index (χ1v) is 9.06. The van der Waals surface area contributed by atoms with Crippen LogP contribution in [0.4, 0.5) is 5.69 Å². The Balaban J connectivity index is 2.00. The average Bonchev–Trinajstić information content (AvgIpc) is 2.72. The lowest BCUT2D eigenvalue weighted by atomic mass is 10.1. The van der Waals surface area contributed by atoms with Crippen molar-refractivity contribution < 1.29 is 24.4 Å². The Morgan fingerprint density at radius 2 is 1.79 bits per heavy atom. The first-order valence-electron chi connectivity index (χ1n) is 9.06. The van der Waals surface area contributed by atoms with Gasteiger partial charge in [-0.3, -0.25) is 19.7 Å². The highest BCUT2D eigenvalue weighted by molar-refractivity contribution is 6.06. The number of nitro groups is 1. The summed E-state index contributed by atoms with van der Waals surface area (Å²) in [5, 5.41) is 20.3. The smallest absolute Gasteiger partial charge is 0.311 e. The lowest BCUT2D eigenvalue weighted by Crippen LogP contribution is -2.34. The lowest BCUT2D eigenvalue weighted by Gasteiger charge is -2.18. The van der Waals surface area contributed by atoms with Gasteiger partial charge in [0.15, 0.2) is 18.1 Å². The number of nitro benzene ring substituents is 1. The molecule has 152 valence electrons. The number of hydrogen-bond acceptors (Lipinski definition) is 6. The minimum atomic E-state index is -0.696. The van der Waals surface area contributed by atoms with E-state index in [0.29, 0.717) is 30.0 Å². The molecule has 8 nitrogen and oxygen atoms in total. The van der Waals surface area contributed by atoms with Crippen molar-refractivity contribution in [3.05, 3.63) is 69.8 Å². The fourth-order valence-electron chi connectivity index (χ4n) is 2.59. The monoisotopic (exact) mass is 398 g/mol. The number of ketones is 1. The summed E-state index contributed by atoms with van der Waals surface area (Å²) in [6, 6.07) is 10.2. The van der Waals surface area contributed by atoms with Gasteiger partial charge in [-0.1, -0.05) is 12.1 Å². The van der Waals surface area contributed by atoms with Gasteiger partial charge in [-0.2, -0.15) is 0 Å². The maximum Gasteiger partial charge on any atom is 0.311 e. The Labute approximate surface area is 168 Å². The van der Waals surface area contributed by atoms with Crippen LogP contribution in [0.15, 0.2) is 48.5 Å². The molecular weight excluding hydrogens is 376 g/mol. The first-order chi connectivity index (χ1) is 13.8. The molecule has 0 unspecified atom stereocenters. The van der Waals surface area contributed by atoms with E-state index in [2.05, 4.69) is 0 Å². The van der Waals surface area contributed by atoms with E-state index in [1.807, 2.05) is 13.8 Å². The lowest BCUT2D eigenvalue weighted by molar-refractivity contribution is -0.385. The number of rotatable bonds is 9. The van der Waals surface area contributed by atoms with E-state index in [-0.39, 0.29) is 18.3 Å². The highest BCUT2D eigenvalue weighted by Crippen LogP contribution is 2.26. The van der Waals surface area contributed by atoms with Crippen LogP contribution >= 0.6 is 0 Å². The molecule has 0 fully saturated rings. The highest BCUT2D eigenvalue weighted by atomic mass is 16.6.